The number of carboxylic acids is 1. The molecule has 0 saturated heterocycles. The third-order valence-electron chi connectivity index (χ3n) is 4.68. The maximum atomic E-state index is 12.7. The molecule has 0 aliphatic heterocycles. The van der Waals surface area contributed by atoms with Gasteiger partial charge in [0.15, 0.2) is 0 Å². The summed E-state index contributed by atoms with van der Waals surface area (Å²) in [7, 11) is 1.26. The highest BCUT2D eigenvalue weighted by atomic mass is 35.5. The van der Waals surface area contributed by atoms with E-state index in [0.29, 0.717) is 28.5 Å². The van der Waals surface area contributed by atoms with Gasteiger partial charge in [0.05, 0.1) is 41.5 Å². The molecule has 0 radical (unpaired) electrons. The fourth-order valence-corrected chi connectivity index (χ4v) is 3.56. The first-order chi connectivity index (χ1) is 12.3. The van der Waals surface area contributed by atoms with Gasteiger partial charge in [-0.25, -0.2) is 0 Å². The lowest BCUT2D eigenvalue weighted by Crippen LogP contribution is -2.41. The summed E-state index contributed by atoms with van der Waals surface area (Å²) >= 11 is 12.0. The number of carboxylic acid groups (broad SMARTS) is 1. The summed E-state index contributed by atoms with van der Waals surface area (Å²) in [6.45, 7) is 0. The average molecular weight is 402 g/mol. The zero-order valence-corrected chi connectivity index (χ0v) is 15.8. The van der Waals surface area contributed by atoms with Crippen molar-refractivity contribution in [3.05, 3.63) is 33.8 Å². The zero-order chi connectivity index (χ0) is 19.3. The second-order valence-electron chi connectivity index (χ2n) is 6.35. The van der Waals surface area contributed by atoms with Gasteiger partial charge < -0.3 is 15.2 Å². The molecule has 0 spiro atoms. The van der Waals surface area contributed by atoms with E-state index in [1.54, 1.807) is 18.2 Å². The Bertz CT molecular complexity index is 694. The molecule has 2 rings (SSSR count). The van der Waals surface area contributed by atoms with Crippen LogP contribution in [0, 0.1) is 11.8 Å². The highest BCUT2D eigenvalue weighted by Gasteiger charge is 2.36. The maximum Gasteiger partial charge on any atom is 0.307 e. The molecule has 1 fully saturated rings. The van der Waals surface area contributed by atoms with Crippen LogP contribution in [0.15, 0.2) is 18.2 Å². The fraction of sp³-hybridized carbons (Fsp3) is 0.500. The second kappa shape index (κ2) is 9.24. The van der Waals surface area contributed by atoms with Crippen molar-refractivity contribution in [3.8, 4) is 0 Å². The molecule has 1 aliphatic rings. The van der Waals surface area contributed by atoms with Gasteiger partial charge in [-0.2, -0.15) is 0 Å². The van der Waals surface area contributed by atoms with Gasteiger partial charge in [-0.3, -0.25) is 14.4 Å². The molecule has 0 bridgehead atoms. The molecular formula is C18H21Cl2NO5. The topological polar surface area (TPSA) is 92.7 Å². The molecule has 142 valence electrons. The minimum atomic E-state index is -0.969. The van der Waals surface area contributed by atoms with Gasteiger partial charge in [0.25, 0.3) is 0 Å². The second-order valence-corrected chi connectivity index (χ2v) is 7.17. The largest absolute Gasteiger partial charge is 0.481 e. The number of carbonyl (C=O) groups excluding carboxylic acids is 2. The number of aliphatic carboxylic acids is 1. The first kappa shape index (κ1) is 20.5. The number of nitrogens with one attached hydrogen (secondary N) is 1. The van der Waals surface area contributed by atoms with Crippen LogP contribution in [0.3, 0.4) is 0 Å². The summed E-state index contributed by atoms with van der Waals surface area (Å²) < 4.78 is 4.70. The molecule has 0 heterocycles. The van der Waals surface area contributed by atoms with Crippen LogP contribution in [0.1, 0.15) is 43.7 Å². The standard InChI is InChI=1S/C18H21Cl2NO5/c1-26-16(22)9-15(10-6-7-13(19)14(20)8-10)21-17(23)11-4-2-3-5-12(11)18(24)25/h6-8,11-12,15H,2-5,9H2,1H3,(H,21,23)(H,24,25)/t11-,12+,15-/m1/s1. The van der Waals surface area contributed by atoms with Gasteiger partial charge in [-0.1, -0.05) is 42.1 Å². The Balaban J connectivity index is 2.22. The summed E-state index contributed by atoms with van der Waals surface area (Å²) in [5, 5.41) is 12.8. The molecule has 1 aromatic carbocycles. The summed E-state index contributed by atoms with van der Waals surface area (Å²) in [6.07, 6.45) is 2.48. The lowest BCUT2D eigenvalue weighted by molar-refractivity contribution is -0.149. The van der Waals surface area contributed by atoms with Gasteiger partial charge in [-0.15, -0.1) is 0 Å². The van der Waals surface area contributed by atoms with E-state index in [9.17, 15) is 19.5 Å². The van der Waals surface area contributed by atoms with Gasteiger partial charge >= 0.3 is 11.9 Å². The van der Waals surface area contributed by atoms with Crippen molar-refractivity contribution in [2.75, 3.05) is 7.11 Å². The lowest BCUT2D eigenvalue weighted by atomic mass is 9.78. The number of hydrogen-bond acceptors (Lipinski definition) is 4. The molecule has 3 atom stereocenters. The number of esters is 1. The average Bonchev–Trinajstić information content (AvgIpc) is 2.63. The number of benzene rings is 1. The Hall–Kier alpha value is -1.79. The minimum Gasteiger partial charge on any atom is -0.481 e. The van der Waals surface area contributed by atoms with E-state index in [0.717, 1.165) is 12.8 Å². The number of methoxy groups -OCH3 is 1. The number of amides is 1. The van der Waals surface area contributed by atoms with E-state index < -0.39 is 29.8 Å². The molecule has 1 amide bonds. The Morgan fingerprint density at radius 3 is 2.42 bits per heavy atom. The van der Waals surface area contributed by atoms with E-state index >= 15 is 0 Å². The van der Waals surface area contributed by atoms with E-state index in [1.807, 2.05) is 0 Å². The number of ether oxygens (including phenoxy) is 1. The number of rotatable bonds is 6. The van der Waals surface area contributed by atoms with E-state index in [4.69, 9.17) is 27.9 Å². The Morgan fingerprint density at radius 1 is 1.19 bits per heavy atom. The summed E-state index contributed by atoms with van der Waals surface area (Å²) in [6, 6.07) is 4.14. The molecule has 2 N–H and O–H groups in total. The highest BCUT2D eigenvalue weighted by molar-refractivity contribution is 6.42. The molecule has 1 aromatic rings. The summed E-state index contributed by atoms with van der Waals surface area (Å²) in [5.74, 6) is -3.18. The van der Waals surface area contributed by atoms with E-state index in [-0.39, 0.29) is 12.3 Å². The van der Waals surface area contributed by atoms with Crippen molar-refractivity contribution >= 4 is 41.0 Å². The van der Waals surface area contributed by atoms with Crippen LogP contribution in [-0.4, -0.2) is 30.1 Å². The van der Waals surface area contributed by atoms with E-state index in [2.05, 4.69) is 5.32 Å². The van der Waals surface area contributed by atoms with Crippen LogP contribution in [-0.2, 0) is 19.1 Å². The molecule has 1 saturated carbocycles. The van der Waals surface area contributed by atoms with Crippen LogP contribution >= 0.6 is 23.2 Å². The van der Waals surface area contributed by atoms with Crippen molar-refractivity contribution in [1.29, 1.82) is 0 Å². The van der Waals surface area contributed by atoms with Crippen LogP contribution < -0.4 is 5.32 Å². The van der Waals surface area contributed by atoms with Crippen LogP contribution in [0.2, 0.25) is 10.0 Å². The molecule has 0 aromatic heterocycles. The van der Waals surface area contributed by atoms with Gasteiger partial charge in [-0.05, 0) is 30.5 Å². The van der Waals surface area contributed by atoms with Crippen LogP contribution in [0.4, 0.5) is 0 Å². The molecule has 0 unspecified atom stereocenters. The summed E-state index contributed by atoms with van der Waals surface area (Å²) in [4.78, 5) is 35.9. The van der Waals surface area contributed by atoms with Crippen LogP contribution in [0.25, 0.3) is 0 Å². The van der Waals surface area contributed by atoms with Crippen molar-refractivity contribution in [2.24, 2.45) is 11.8 Å². The van der Waals surface area contributed by atoms with Crippen molar-refractivity contribution < 1.29 is 24.2 Å². The first-order valence-electron chi connectivity index (χ1n) is 8.38. The Morgan fingerprint density at radius 2 is 1.85 bits per heavy atom. The zero-order valence-electron chi connectivity index (χ0n) is 14.3. The highest BCUT2D eigenvalue weighted by Crippen LogP contribution is 2.32. The normalized spacial score (nSPS) is 20.9. The minimum absolute atomic E-state index is 0.0926. The van der Waals surface area contributed by atoms with Gasteiger partial charge in [0.2, 0.25) is 5.91 Å². The Labute approximate surface area is 161 Å². The Kier molecular flexibility index (Phi) is 7.29. The first-order valence-corrected chi connectivity index (χ1v) is 9.14. The van der Waals surface area contributed by atoms with Crippen molar-refractivity contribution in [2.45, 2.75) is 38.1 Å². The third-order valence-corrected chi connectivity index (χ3v) is 5.42. The lowest BCUT2D eigenvalue weighted by Gasteiger charge is -2.29. The SMILES string of the molecule is COC(=O)C[C@@H](NC(=O)[C@@H]1CCCC[C@@H]1C(=O)O)c1ccc(Cl)c(Cl)c1. The van der Waals surface area contributed by atoms with Gasteiger partial charge in [0, 0.05) is 0 Å². The molecular weight excluding hydrogens is 381 g/mol. The quantitative estimate of drug-likeness (QED) is 0.710. The maximum absolute atomic E-state index is 12.7. The molecule has 8 heteroatoms. The van der Waals surface area contributed by atoms with E-state index in [1.165, 1.54) is 7.11 Å². The van der Waals surface area contributed by atoms with Crippen LogP contribution in [0.5, 0.6) is 0 Å². The van der Waals surface area contributed by atoms with Crippen molar-refractivity contribution in [3.63, 3.8) is 0 Å². The molecule has 1 aliphatic carbocycles. The monoisotopic (exact) mass is 401 g/mol. The number of carbonyl (C=O) groups is 3. The number of halogens is 2. The third kappa shape index (κ3) is 5.11. The fourth-order valence-electron chi connectivity index (χ4n) is 3.25. The summed E-state index contributed by atoms with van der Waals surface area (Å²) in [5.41, 5.74) is 0.598. The molecule has 26 heavy (non-hydrogen) atoms. The van der Waals surface area contributed by atoms with Crippen molar-refractivity contribution in [1.82, 2.24) is 5.32 Å². The van der Waals surface area contributed by atoms with Gasteiger partial charge in [0.1, 0.15) is 0 Å². The predicted octanol–water partition coefficient (Wildman–Crippen LogP) is 3.60. The number of hydrogen-bond donors (Lipinski definition) is 2. The smallest absolute Gasteiger partial charge is 0.307 e. The molecule has 6 nitrogen and oxygen atoms in total. The predicted molar refractivity (Wildman–Crippen MR) is 97.1 cm³/mol.